The van der Waals surface area contributed by atoms with E-state index in [4.69, 9.17) is 5.10 Å². The number of quaternary nitrogens is 1. The van der Waals surface area contributed by atoms with Gasteiger partial charge in [-0.15, -0.1) is 0 Å². The topological polar surface area (TPSA) is 56.4 Å². The van der Waals surface area contributed by atoms with Gasteiger partial charge in [0.15, 0.2) is 5.78 Å². The number of benzene rings is 3. The van der Waals surface area contributed by atoms with E-state index in [-0.39, 0.29) is 41.4 Å². The predicted octanol–water partition coefficient (Wildman–Crippen LogP) is 0.762. The van der Waals surface area contributed by atoms with Crippen molar-refractivity contribution in [3.8, 4) is 0 Å². The van der Waals surface area contributed by atoms with E-state index in [2.05, 4.69) is 0 Å². The molecule has 1 fully saturated rings. The molecule has 192 valence electrons. The van der Waals surface area contributed by atoms with Crippen molar-refractivity contribution in [3.63, 3.8) is 0 Å². The van der Waals surface area contributed by atoms with Gasteiger partial charge in [0.2, 0.25) is 0 Å². The summed E-state index contributed by atoms with van der Waals surface area (Å²) in [5.41, 5.74) is 2.18. The summed E-state index contributed by atoms with van der Waals surface area (Å²) >= 11 is 0. The second kappa shape index (κ2) is 11.8. The van der Waals surface area contributed by atoms with Crippen LogP contribution in [0.25, 0.3) is 10.8 Å². The van der Waals surface area contributed by atoms with E-state index in [1.54, 1.807) is 16.8 Å². The monoisotopic (exact) mass is 523 g/mol. The summed E-state index contributed by atoms with van der Waals surface area (Å²) in [6.07, 6.45) is 2.50. The predicted molar refractivity (Wildman–Crippen MR) is 134 cm³/mol. The standard InChI is InChI=1S/C29H27F2N3O2.ClH/c30-22-9-5-20(6-10-22)19-27-25-3-1-2-4-26(25)29(36)34(32-27)24-13-16-33(17-14-24)18-15-28(35)21-7-11-23(31)12-8-21;/h1-12,24H,13-19H2;1H. The number of nitrogens with zero attached hydrogens (tertiary/aromatic N) is 2. The number of hydrogen-bond donors (Lipinski definition) is 1. The zero-order chi connectivity index (χ0) is 25.1. The lowest BCUT2D eigenvalue weighted by molar-refractivity contribution is -0.905. The van der Waals surface area contributed by atoms with Crippen LogP contribution in [-0.4, -0.2) is 35.2 Å². The van der Waals surface area contributed by atoms with Crippen molar-refractivity contribution < 1.29 is 30.9 Å². The minimum atomic E-state index is -0.349. The van der Waals surface area contributed by atoms with Gasteiger partial charge < -0.3 is 17.3 Å². The lowest BCUT2D eigenvalue weighted by atomic mass is 10.0. The molecule has 1 aliphatic rings. The number of nitrogens with one attached hydrogen (secondary N) is 1. The Hall–Kier alpha value is -3.42. The maximum Gasteiger partial charge on any atom is 0.274 e. The number of ketones is 1. The molecule has 0 saturated carbocycles. The third-order valence-corrected chi connectivity index (χ3v) is 7.07. The molecule has 0 radical (unpaired) electrons. The van der Waals surface area contributed by atoms with Crippen molar-refractivity contribution in [2.24, 2.45) is 0 Å². The summed E-state index contributed by atoms with van der Waals surface area (Å²) in [7, 11) is 0. The smallest absolute Gasteiger partial charge is 0.274 e. The molecule has 0 aliphatic carbocycles. The minimum absolute atomic E-state index is 0. The van der Waals surface area contributed by atoms with Gasteiger partial charge in [-0.2, -0.15) is 5.10 Å². The van der Waals surface area contributed by atoms with E-state index in [1.165, 1.54) is 41.3 Å². The van der Waals surface area contributed by atoms with Crippen LogP contribution in [0.5, 0.6) is 0 Å². The fourth-order valence-corrected chi connectivity index (χ4v) is 5.02. The number of hydrogen-bond acceptors (Lipinski definition) is 3. The number of rotatable bonds is 7. The number of halogens is 3. The zero-order valence-corrected chi connectivity index (χ0v) is 21.1. The molecule has 2 heterocycles. The van der Waals surface area contributed by atoms with Crippen molar-refractivity contribution in [1.29, 1.82) is 0 Å². The first-order valence-electron chi connectivity index (χ1n) is 12.3. The zero-order valence-electron chi connectivity index (χ0n) is 20.3. The van der Waals surface area contributed by atoms with E-state index in [0.717, 1.165) is 42.6 Å². The molecule has 0 amide bonds. The molecular weight excluding hydrogens is 496 g/mol. The first-order chi connectivity index (χ1) is 17.5. The third-order valence-electron chi connectivity index (χ3n) is 7.07. The van der Waals surface area contributed by atoms with Crippen LogP contribution in [-0.2, 0) is 6.42 Å². The van der Waals surface area contributed by atoms with Crippen LogP contribution in [0.4, 0.5) is 8.78 Å². The second-order valence-electron chi connectivity index (χ2n) is 9.46. The Bertz CT molecular complexity index is 1430. The molecule has 37 heavy (non-hydrogen) atoms. The number of piperidine rings is 1. The first-order valence-corrected chi connectivity index (χ1v) is 12.3. The average molecular weight is 524 g/mol. The summed E-state index contributed by atoms with van der Waals surface area (Å²) in [6.45, 7) is 2.39. The summed E-state index contributed by atoms with van der Waals surface area (Å²) in [5.74, 6) is -0.616. The fraction of sp³-hybridized carbons (Fsp3) is 0.276. The Balaban J connectivity index is 0.00000320. The number of Topliss-reactive ketones (excluding diaryl/α,β-unsaturated/α-hetero) is 1. The maximum absolute atomic E-state index is 13.4. The van der Waals surface area contributed by atoms with E-state index >= 15 is 0 Å². The number of likely N-dealkylation sites (tertiary alicyclic amines) is 1. The molecule has 0 spiro atoms. The molecule has 5 rings (SSSR count). The fourth-order valence-electron chi connectivity index (χ4n) is 5.02. The number of carbonyl (C=O) groups excluding carboxylic acids is 1. The van der Waals surface area contributed by atoms with E-state index in [0.29, 0.717) is 30.3 Å². The number of aromatic nitrogens is 2. The highest BCUT2D eigenvalue weighted by molar-refractivity contribution is 5.96. The van der Waals surface area contributed by atoms with Gasteiger partial charge in [0.05, 0.1) is 43.2 Å². The molecule has 5 nitrogen and oxygen atoms in total. The quantitative estimate of drug-likeness (QED) is 0.364. The molecule has 8 heteroatoms. The molecule has 4 aromatic rings. The van der Waals surface area contributed by atoms with Gasteiger partial charge in [0.1, 0.15) is 11.6 Å². The highest BCUT2D eigenvalue weighted by Crippen LogP contribution is 2.21. The summed E-state index contributed by atoms with van der Waals surface area (Å²) < 4.78 is 28.1. The van der Waals surface area contributed by atoms with Gasteiger partial charge in [0, 0.05) is 30.2 Å². The van der Waals surface area contributed by atoms with Crippen LogP contribution in [0, 0.1) is 11.6 Å². The Kier molecular flexibility index (Phi) is 8.46. The van der Waals surface area contributed by atoms with Gasteiger partial charge in [0.25, 0.3) is 5.56 Å². The number of carbonyl (C=O) groups is 1. The van der Waals surface area contributed by atoms with Crippen molar-refractivity contribution in [1.82, 2.24) is 9.78 Å². The van der Waals surface area contributed by atoms with Crippen molar-refractivity contribution in [2.75, 3.05) is 19.6 Å². The van der Waals surface area contributed by atoms with Crippen LogP contribution in [0.2, 0.25) is 0 Å². The molecule has 1 aliphatic heterocycles. The largest absolute Gasteiger partial charge is 1.00 e. The average Bonchev–Trinajstić information content (AvgIpc) is 2.91. The van der Waals surface area contributed by atoms with Gasteiger partial charge in [-0.1, -0.05) is 30.3 Å². The molecule has 0 atom stereocenters. The van der Waals surface area contributed by atoms with Crippen molar-refractivity contribution in [3.05, 3.63) is 112 Å². The first kappa shape index (κ1) is 26.6. The maximum atomic E-state index is 13.4. The molecule has 3 aromatic carbocycles. The van der Waals surface area contributed by atoms with Crippen LogP contribution in [0.1, 0.15) is 46.9 Å². The van der Waals surface area contributed by atoms with E-state index in [9.17, 15) is 18.4 Å². The minimum Gasteiger partial charge on any atom is -1.00 e. The molecular formula is C29H28ClF2N3O2. The molecule has 1 aromatic heterocycles. The Morgan fingerprint density at radius 2 is 1.49 bits per heavy atom. The van der Waals surface area contributed by atoms with E-state index < -0.39 is 0 Å². The Morgan fingerprint density at radius 3 is 2.14 bits per heavy atom. The molecule has 1 N–H and O–H groups in total. The van der Waals surface area contributed by atoms with Gasteiger partial charge in [-0.25, -0.2) is 13.5 Å². The van der Waals surface area contributed by atoms with Gasteiger partial charge >= 0.3 is 0 Å². The summed E-state index contributed by atoms with van der Waals surface area (Å²) in [6, 6.07) is 19.5. The summed E-state index contributed by atoms with van der Waals surface area (Å²) in [4.78, 5) is 27.1. The number of fused-ring (bicyclic) bond motifs is 1. The highest BCUT2D eigenvalue weighted by atomic mass is 35.5. The van der Waals surface area contributed by atoms with Crippen LogP contribution in [0.3, 0.4) is 0 Å². The van der Waals surface area contributed by atoms with Gasteiger partial charge in [-0.3, -0.25) is 9.59 Å². The normalized spacial score (nSPS) is 17.4. The van der Waals surface area contributed by atoms with E-state index in [1.807, 2.05) is 24.3 Å². The Labute approximate surface area is 220 Å². The second-order valence-corrected chi connectivity index (χ2v) is 9.46. The summed E-state index contributed by atoms with van der Waals surface area (Å²) in [5, 5.41) is 6.27. The van der Waals surface area contributed by atoms with Gasteiger partial charge in [-0.05, 0) is 48.0 Å². The lowest BCUT2D eigenvalue weighted by Crippen LogP contribution is -3.13. The van der Waals surface area contributed by atoms with Crippen LogP contribution < -0.4 is 22.9 Å². The third kappa shape index (κ3) is 6.12. The highest BCUT2D eigenvalue weighted by Gasteiger charge is 2.26. The SMILES string of the molecule is O=C(CC[NH+]1CCC(n2nc(Cc3ccc(F)cc3)c3ccccc3c2=O)CC1)c1ccc(F)cc1.[Cl-]. The van der Waals surface area contributed by atoms with Crippen LogP contribution >= 0.6 is 0 Å². The van der Waals surface area contributed by atoms with Crippen molar-refractivity contribution in [2.45, 2.75) is 31.7 Å². The van der Waals surface area contributed by atoms with Crippen LogP contribution in [0.15, 0.2) is 77.6 Å². The molecule has 1 saturated heterocycles. The van der Waals surface area contributed by atoms with Crippen molar-refractivity contribution >= 4 is 16.6 Å². The molecule has 0 unspecified atom stereocenters. The lowest BCUT2D eigenvalue weighted by Gasteiger charge is -2.30. The Morgan fingerprint density at radius 1 is 0.892 bits per heavy atom. The molecule has 0 bridgehead atoms.